The highest BCUT2D eigenvalue weighted by atomic mass is 32.2. The Balaban J connectivity index is 2.25. The molecule has 1 heterocycles. The highest BCUT2D eigenvalue weighted by Gasteiger charge is 2.15. The first-order chi connectivity index (χ1) is 8.51. The highest BCUT2D eigenvalue weighted by molar-refractivity contribution is 7.94. The lowest BCUT2D eigenvalue weighted by atomic mass is 10.2. The molecule has 18 heavy (non-hydrogen) atoms. The fraction of sp³-hybridized carbons (Fsp3) is 0.0833. The average Bonchev–Trinajstić information content (AvgIpc) is 2.77. The maximum absolute atomic E-state index is 12.0. The van der Waals surface area contributed by atoms with E-state index in [1.807, 2.05) is 13.0 Å². The molecule has 2 aromatic rings. The van der Waals surface area contributed by atoms with Crippen LogP contribution in [0.2, 0.25) is 0 Å². The van der Waals surface area contributed by atoms with Gasteiger partial charge >= 0.3 is 0 Å². The van der Waals surface area contributed by atoms with Crippen LogP contribution in [-0.2, 0) is 10.0 Å². The highest BCUT2D eigenvalue weighted by Crippen LogP contribution is 2.23. The van der Waals surface area contributed by atoms with E-state index in [1.54, 1.807) is 36.4 Å². The zero-order chi connectivity index (χ0) is 13.2. The van der Waals surface area contributed by atoms with Crippen molar-refractivity contribution in [3.8, 4) is 6.07 Å². The number of rotatable bonds is 3. The first-order valence-electron chi connectivity index (χ1n) is 5.11. The molecule has 1 N–H and O–H groups in total. The summed E-state index contributed by atoms with van der Waals surface area (Å²) in [7, 11) is -3.53. The lowest BCUT2D eigenvalue weighted by Gasteiger charge is -2.05. The van der Waals surface area contributed by atoms with Gasteiger partial charge in [0.05, 0.1) is 11.6 Å². The standard InChI is InChI=1S/C12H10N2O2S2/c1-9-2-7-12(17-9)18(15,16)14-11-5-3-10(8-13)4-6-11/h2-7,14H,1H3. The summed E-state index contributed by atoms with van der Waals surface area (Å²) in [5, 5.41) is 8.65. The van der Waals surface area contributed by atoms with Gasteiger partial charge in [0.2, 0.25) is 0 Å². The van der Waals surface area contributed by atoms with Crippen LogP contribution in [0.15, 0.2) is 40.6 Å². The molecule has 0 fully saturated rings. The fourth-order valence-electron chi connectivity index (χ4n) is 1.37. The molecular formula is C12H10N2O2S2. The van der Waals surface area contributed by atoms with Gasteiger partial charge in [-0.15, -0.1) is 11.3 Å². The molecule has 0 aliphatic rings. The molecule has 0 amide bonds. The molecule has 0 bridgehead atoms. The number of thiophene rings is 1. The third-order valence-corrected chi connectivity index (χ3v) is 5.12. The van der Waals surface area contributed by atoms with E-state index in [0.717, 1.165) is 4.88 Å². The quantitative estimate of drug-likeness (QED) is 0.938. The van der Waals surface area contributed by atoms with Crippen molar-refractivity contribution in [2.24, 2.45) is 0 Å². The first kappa shape index (κ1) is 12.6. The Morgan fingerprint density at radius 1 is 1.17 bits per heavy atom. The predicted molar refractivity (Wildman–Crippen MR) is 71.0 cm³/mol. The average molecular weight is 278 g/mol. The minimum absolute atomic E-state index is 0.282. The first-order valence-corrected chi connectivity index (χ1v) is 7.41. The second-order valence-electron chi connectivity index (χ2n) is 3.66. The second-order valence-corrected chi connectivity index (χ2v) is 6.86. The summed E-state index contributed by atoms with van der Waals surface area (Å²) in [6, 6.07) is 11.6. The number of aryl methyl sites for hydroxylation is 1. The SMILES string of the molecule is Cc1ccc(S(=O)(=O)Nc2ccc(C#N)cc2)s1. The van der Waals surface area contributed by atoms with Crippen molar-refractivity contribution in [2.45, 2.75) is 11.1 Å². The molecule has 1 aromatic carbocycles. The van der Waals surface area contributed by atoms with Gasteiger partial charge in [-0.1, -0.05) is 0 Å². The minimum atomic E-state index is -3.53. The molecule has 0 saturated carbocycles. The van der Waals surface area contributed by atoms with E-state index in [4.69, 9.17) is 5.26 Å². The van der Waals surface area contributed by atoms with Crippen LogP contribution < -0.4 is 4.72 Å². The van der Waals surface area contributed by atoms with Crippen LogP contribution in [0.4, 0.5) is 5.69 Å². The lowest BCUT2D eigenvalue weighted by Crippen LogP contribution is -2.11. The van der Waals surface area contributed by atoms with E-state index in [9.17, 15) is 8.42 Å². The third-order valence-electron chi connectivity index (χ3n) is 2.25. The smallest absolute Gasteiger partial charge is 0.271 e. The molecular weight excluding hydrogens is 268 g/mol. The third kappa shape index (κ3) is 2.70. The summed E-state index contributed by atoms with van der Waals surface area (Å²) in [4.78, 5) is 0.940. The lowest BCUT2D eigenvalue weighted by molar-refractivity contribution is 0.603. The van der Waals surface area contributed by atoms with Crippen LogP contribution in [-0.4, -0.2) is 8.42 Å². The van der Waals surface area contributed by atoms with E-state index >= 15 is 0 Å². The number of sulfonamides is 1. The Labute approximate surface area is 110 Å². The molecule has 0 spiro atoms. The molecule has 0 aliphatic carbocycles. The molecule has 92 valence electrons. The van der Waals surface area contributed by atoms with E-state index in [0.29, 0.717) is 11.3 Å². The van der Waals surface area contributed by atoms with Gasteiger partial charge in [-0.25, -0.2) is 8.42 Å². The van der Waals surface area contributed by atoms with Crippen molar-refractivity contribution in [3.63, 3.8) is 0 Å². The summed E-state index contributed by atoms with van der Waals surface area (Å²) in [5.74, 6) is 0. The van der Waals surface area contributed by atoms with Crippen molar-refractivity contribution in [1.82, 2.24) is 0 Å². The predicted octanol–water partition coefficient (Wildman–Crippen LogP) is 2.73. The maximum Gasteiger partial charge on any atom is 0.271 e. The molecule has 0 aliphatic heterocycles. The summed E-state index contributed by atoms with van der Waals surface area (Å²) >= 11 is 1.22. The molecule has 4 nitrogen and oxygen atoms in total. The molecule has 6 heteroatoms. The van der Waals surface area contributed by atoms with Crippen molar-refractivity contribution >= 4 is 27.0 Å². The molecule has 1 aromatic heterocycles. The Morgan fingerprint density at radius 2 is 1.83 bits per heavy atom. The molecule has 0 unspecified atom stereocenters. The number of anilines is 1. The van der Waals surface area contributed by atoms with E-state index in [1.165, 1.54) is 11.3 Å². The van der Waals surface area contributed by atoms with Crippen LogP contribution in [0.25, 0.3) is 0 Å². The number of hydrogen-bond donors (Lipinski definition) is 1. The molecule has 0 radical (unpaired) electrons. The summed E-state index contributed by atoms with van der Waals surface area (Å²) < 4.78 is 26.8. The monoisotopic (exact) mass is 278 g/mol. The molecule has 2 rings (SSSR count). The van der Waals surface area contributed by atoms with Gasteiger partial charge in [0, 0.05) is 10.6 Å². The number of benzene rings is 1. The summed E-state index contributed by atoms with van der Waals surface area (Å²) in [5.41, 5.74) is 0.935. The van der Waals surface area contributed by atoms with E-state index < -0.39 is 10.0 Å². The van der Waals surface area contributed by atoms with Crippen molar-refractivity contribution in [3.05, 3.63) is 46.8 Å². The Bertz CT molecular complexity index is 694. The zero-order valence-electron chi connectivity index (χ0n) is 9.54. The summed E-state index contributed by atoms with van der Waals surface area (Å²) in [6.45, 7) is 1.85. The van der Waals surface area contributed by atoms with Crippen molar-refractivity contribution in [2.75, 3.05) is 4.72 Å². The van der Waals surface area contributed by atoms with Gasteiger partial charge in [-0.05, 0) is 43.3 Å². The van der Waals surface area contributed by atoms with Crippen LogP contribution in [0.1, 0.15) is 10.4 Å². The number of nitriles is 1. The van der Waals surface area contributed by atoms with Crippen LogP contribution in [0.5, 0.6) is 0 Å². The largest absolute Gasteiger partial charge is 0.279 e. The maximum atomic E-state index is 12.0. The normalized spacial score (nSPS) is 10.9. The number of nitrogens with zero attached hydrogens (tertiary/aromatic N) is 1. The van der Waals surface area contributed by atoms with Gasteiger partial charge in [0.15, 0.2) is 0 Å². The molecule has 0 atom stereocenters. The number of hydrogen-bond acceptors (Lipinski definition) is 4. The van der Waals surface area contributed by atoms with Crippen LogP contribution in [0.3, 0.4) is 0 Å². The summed E-state index contributed by atoms with van der Waals surface area (Å²) in [6.07, 6.45) is 0. The Morgan fingerprint density at radius 3 is 2.33 bits per heavy atom. The van der Waals surface area contributed by atoms with Gasteiger partial charge in [-0.3, -0.25) is 4.72 Å². The molecule has 0 saturated heterocycles. The van der Waals surface area contributed by atoms with E-state index in [2.05, 4.69) is 4.72 Å². The van der Waals surface area contributed by atoms with Gasteiger partial charge < -0.3 is 0 Å². The van der Waals surface area contributed by atoms with Gasteiger partial charge in [0.1, 0.15) is 4.21 Å². The number of nitrogens with one attached hydrogen (secondary N) is 1. The van der Waals surface area contributed by atoms with Gasteiger partial charge in [0.25, 0.3) is 10.0 Å². The second kappa shape index (κ2) is 4.80. The zero-order valence-corrected chi connectivity index (χ0v) is 11.2. The van der Waals surface area contributed by atoms with Crippen molar-refractivity contribution < 1.29 is 8.42 Å². The van der Waals surface area contributed by atoms with Crippen molar-refractivity contribution in [1.29, 1.82) is 5.26 Å². The minimum Gasteiger partial charge on any atom is -0.279 e. The van der Waals surface area contributed by atoms with Crippen LogP contribution >= 0.6 is 11.3 Å². The van der Waals surface area contributed by atoms with E-state index in [-0.39, 0.29) is 4.21 Å². The Kier molecular flexibility index (Phi) is 3.36. The van der Waals surface area contributed by atoms with Crippen LogP contribution in [0, 0.1) is 18.3 Å². The van der Waals surface area contributed by atoms with Gasteiger partial charge in [-0.2, -0.15) is 5.26 Å². The Hall–Kier alpha value is -1.84. The fourth-order valence-corrected chi connectivity index (χ4v) is 3.72. The topological polar surface area (TPSA) is 70.0 Å².